The van der Waals surface area contributed by atoms with Crippen LogP contribution in [0.25, 0.3) is 0 Å². The third kappa shape index (κ3) is 3.23. The normalized spacial score (nSPS) is 19.3. The standard InChI is InChI=1S/C12H18N2O5S.ClH/c1-8-11(6-10(19-8)12(15)18-2)20(16,17)14-5-3-4-9(14)7-13;/h6,9H,3-5,7,13H2,1-2H3;1H. The van der Waals surface area contributed by atoms with Gasteiger partial charge in [-0.1, -0.05) is 0 Å². The first-order valence-corrected chi connectivity index (χ1v) is 7.76. The van der Waals surface area contributed by atoms with E-state index in [1.54, 1.807) is 0 Å². The minimum atomic E-state index is -3.70. The highest BCUT2D eigenvalue weighted by molar-refractivity contribution is 7.89. The lowest BCUT2D eigenvalue weighted by atomic mass is 10.2. The van der Waals surface area contributed by atoms with Crippen molar-refractivity contribution in [3.63, 3.8) is 0 Å². The molecule has 7 nitrogen and oxygen atoms in total. The lowest BCUT2D eigenvalue weighted by Crippen LogP contribution is -2.39. The summed E-state index contributed by atoms with van der Waals surface area (Å²) in [6, 6.07) is 1.01. The summed E-state index contributed by atoms with van der Waals surface area (Å²) in [5.41, 5.74) is 5.61. The third-order valence-electron chi connectivity index (χ3n) is 3.44. The predicted molar refractivity (Wildman–Crippen MR) is 78.0 cm³/mol. The lowest BCUT2D eigenvalue weighted by Gasteiger charge is -2.22. The smallest absolute Gasteiger partial charge is 0.373 e. The maximum atomic E-state index is 12.6. The number of hydrogen-bond acceptors (Lipinski definition) is 6. The van der Waals surface area contributed by atoms with Crippen molar-refractivity contribution in [2.24, 2.45) is 5.73 Å². The first-order chi connectivity index (χ1) is 9.41. The van der Waals surface area contributed by atoms with Gasteiger partial charge in [0.2, 0.25) is 15.8 Å². The number of hydrogen-bond donors (Lipinski definition) is 1. The number of furan rings is 1. The molecule has 120 valence electrons. The van der Waals surface area contributed by atoms with Gasteiger partial charge in [0.15, 0.2) is 0 Å². The number of sulfonamides is 1. The second-order valence-corrected chi connectivity index (χ2v) is 6.53. The summed E-state index contributed by atoms with van der Waals surface area (Å²) in [5, 5.41) is 0. The van der Waals surface area contributed by atoms with Crippen LogP contribution in [0.4, 0.5) is 0 Å². The third-order valence-corrected chi connectivity index (χ3v) is 5.50. The fourth-order valence-corrected chi connectivity index (χ4v) is 4.28. The maximum absolute atomic E-state index is 12.6. The average Bonchev–Trinajstić information content (AvgIpc) is 3.04. The van der Waals surface area contributed by atoms with Crippen molar-refractivity contribution >= 4 is 28.4 Å². The van der Waals surface area contributed by atoms with Gasteiger partial charge in [0.25, 0.3) is 0 Å². The highest BCUT2D eigenvalue weighted by Gasteiger charge is 2.37. The molecule has 0 bridgehead atoms. The number of carbonyl (C=O) groups excluding carboxylic acids is 1. The van der Waals surface area contributed by atoms with Gasteiger partial charge >= 0.3 is 5.97 Å². The molecule has 1 aromatic rings. The molecular formula is C12H19ClN2O5S. The van der Waals surface area contributed by atoms with Crippen LogP contribution in [-0.4, -0.2) is 44.9 Å². The number of esters is 1. The zero-order valence-corrected chi connectivity index (χ0v) is 13.5. The van der Waals surface area contributed by atoms with Crippen LogP contribution in [0.3, 0.4) is 0 Å². The van der Waals surface area contributed by atoms with Crippen molar-refractivity contribution < 1.29 is 22.4 Å². The second-order valence-electron chi connectivity index (χ2n) is 4.67. The Kier molecular flexibility index (Phi) is 5.80. The number of aryl methyl sites for hydroxylation is 1. The number of nitrogens with two attached hydrogens (primary N) is 1. The van der Waals surface area contributed by atoms with Gasteiger partial charge < -0.3 is 14.9 Å². The molecule has 1 fully saturated rings. The molecule has 1 unspecified atom stereocenters. The Morgan fingerprint density at radius 1 is 1.57 bits per heavy atom. The number of methoxy groups -OCH3 is 1. The number of halogens is 1. The van der Waals surface area contributed by atoms with Crippen LogP contribution in [0.1, 0.15) is 29.2 Å². The van der Waals surface area contributed by atoms with Crippen molar-refractivity contribution in [1.29, 1.82) is 0 Å². The first-order valence-electron chi connectivity index (χ1n) is 6.32. The summed E-state index contributed by atoms with van der Waals surface area (Å²) in [5.74, 6) is -0.647. The Balaban J connectivity index is 0.00000220. The Bertz CT molecular complexity index is 613. The van der Waals surface area contributed by atoms with Gasteiger partial charge in [-0.25, -0.2) is 13.2 Å². The summed E-state index contributed by atoms with van der Waals surface area (Å²) in [4.78, 5) is 11.4. The van der Waals surface area contributed by atoms with E-state index in [9.17, 15) is 13.2 Å². The van der Waals surface area contributed by atoms with Gasteiger partial charge in [0.1, 0.15) is 10.7 Å². The molecule has 1 aromatic heterocycles. The molecule has 0 spiro atoms. The number of ether oxygens (including phenoxy) is 1. The topological polar surface area (TPSA) is 103 Å². The van der Waals surface area contributed by atoms with E-state index in [0.717, 1.165) is 12.8 Å². The highest BCUT2D eigenvalue weighted by atomic mass is 35.5. The van der Waals surface area contributed by atoms with E-state index in [-0.39, 0.29) is 41.4 Å². The van der Waals surface area contributed by atoms with E-state index in [1.165, 1.54) is 24.4 Å². The van der Waals surface area contributed by atoms with E-state index in [2.05, 4.69) is 4.74 Å². The van der Waals surface area contributed by atoms with Crippen LogP contribution in [0.5, 0.6) is 0 Å². The minimum absolute atomic E-state index is 0. The largest absolute Gasteiger partial charge is 0.463 e. The molecular weight excluding hydrogens is 320 g/mol. The van der Waals surface area contributed by atoms with E-state index in [0.29, 0.717) is 6.54 Å². The van der Waals surface area contributed by atoms with Crippen molar-refractivity contribution in [2.45, 2.75) is 30.7 Å². The molecule has 0 amide bonds. The zero-order chi connectivity index (χ0) is 14.9. The average molecular weight is 339 g/mol. The molecule has 0 radical (unpaired) electrons. The van der Waals surface area contributed by atoms with Gasteiger partial charge in [-0.05, 0) is 19.8 Å². The van der Waals surface area contributed by atoms with Gasteiger partial charge in [-0.2, -0.15) is 4.31 Å². The Morgan fingerprint density at radius 2 is 2.24 bits per heavy atom. The molecule has 2 rings (SSSR count). The fourth-order valence-electron chi connectivity index (χ4n) is 2.41. The van der Waals surface area contributed by atoms with Gasteiger partial charge in [-0.3, -0.25) is 0 Å². The van der Waals surface area contributed by atoms with Crippen LogP contribution in [0.2, 0.25) is 0 Å². The Morgan fingerprint density at radius 3 is 2.81 bits per heavy atom. The summed E-state index contributed by atoms with van der Waals surface area (Å²) in [7, 11) is -2.49. The first kappa shape index (κ1) is 18.0. The van der Waals surface area contributed by atoms with Gasteiger partial charge in [0, 0.05) is 25.2 Å². The monoisotopic (exact) mass is 338 g/mol. The highest BCUT2D eigenvalue weighted by Crippen LogP contribution is 2.29. The molecule has 1 saturated heterocycles. The number of carbonyl (C=O) groups is 1. The molecule has 2 heterocycles. The van der Waals surface area contributed by atoms with Crippen LogP contribution in [0.15, 0.2) is 15.4 Å². The number of rotatable bonds is 4. The summed E-state index contributed by atoms with van der Waals surface area (Å²) in [6.45, 7) is 2.22. The van der Waals surface area contributed by atoms with Crippen LogP contribution >= 0.6 is 12.4 Å². The van der Waals surface area contributed by atoms with E-state index >= 15 is 0 Å². The van der Waals surface area contributed by atoms with Crippen LogP contribution < -0.4 is 5.73 Å². The Hall–Kier alpha value is -1.09. The van der Waals surface area contributed by atoms with Crippen molar-refractivity contribution in [2.75, 3.05) is 20.2 Å². The summed E-state index contributed by atoms with van der Waals surface area (Å²) in [6.07, 6.45) is 1.53. The van der Waals surface area contributed by atoms with Crippen molar-refractivity contribution in [3.8, 4) is 0 Å². The minimum Gasteiger partial charge on any atom is -0.463 e. The van der Waals surface area contributed by atoms with Crippen molar-refractivity contribution in [1.82, 2.24) is 4.31 Å². The Labute approximate surface area is 129 Å². The summed E-state index contributed by atoms with van der Waals surface area (Å²) >= 11 is 0. The molecule has 0 aromatic carbocycles. The SMILES string of the molecule is COC(=O)c1cc(S(=O)(=O)N2CCCC2CN)c(C)o1.Cl. The molecule has 0 saturated carbocycles. The molecule has 0 aliphatic carbocycles. The molecule has 1 atom stereocenters. The van der Waals surface area contributed by atoms with Crippen molar-refractivity contribution in [3.05, 3.63) is 17.6 Å². The molecule has 1 aliphatic rings. The van der Waals surface area contributed by atoms with E-state index in [4.69, 9.17) is 10.2 Å². The van der Waals surface area contributed by atoms with Gasteiger partial charge in [-0.15, -0.1) is 12.4 Å². The zero-order valence-electron chi connectivity index (χ0n) is 11.9. The maximum Gasteiger partial charge on any atom is 0.373 e. The van der Waals surface area contributed by atoms with Gasteiger partial charge in [0.05, 0.1) is 7.11 Å². The fraction of sp³-hybridized carbons (Fsp3) is 0.583. The molecule has 9 heteroatoms. The quantitative estimate of drug-likeness (QED) is 0.818. The van der Waals surface area contributed by atoms with Crippen LogP contribution in [0, 0.1) is 6.92 Å². The lowest BCUT2D eigenvalue weighted by molar-refractivity contribution is 0.0563. The molecule has 2 N–H and O–H groups in total. The number of nitrogens with zero attached hydrogens (tertiary/aromatic N) is 1. The predicted octanol–water partition coefficient (Wildman–Crippen LogP) is 0.908. The van der Waals surface area contributed by atoms with Crippen LogP contribution in [-0.2, 0) is 14.8 Å². The molecule has 21 heavy (non-hydrogen) atoms. The summed E-state index contributed by atoms with van der Waals surface area (Å²) < 4.78 is 36.3. The van der Waals surface area contributed by atoms with E-state index in [1.807, 2.05) is 0 Å². The molecule has 1 aliphatic heterocycles. The second kappa shape index (κ2) is 6.78. The van der Waals surface area contributed by atoms with E-state index < -0.39 is 16.0 Å².